The van der Waals surface area contributed by atoms with E-state index in [1.54, 1.807) is 0 Å². The lowest BCUT2D eigenvalue weighted by Gasteiger charge is -2.10. The molecular weight excluding hydrogens is 239 g/mol. The Balaban J connectivity index is 3.54. The molecule has 0 aromatic carbocycles. The molecule has 1 rings (SSSR count). The zero-order valence-corrected chi connectivity index (χ0v) is 7.33. The summed E-state index contributed by atoms with van der Waals surface area (Å²) in [6, 6.07) is 0.403. The van der Waals surface area contributed by atoms with Crippen molar-refractivity contribution in [1.29, 1.82) is 0 Å². The van der Waals surface area contributed by atoms with Crippen LogP contribution in [-0.4, -0.2) is 9.91 Å². The van der Waals surface area contributed by atoms with Gasteiger partial charge in [-0.2, -0.15) is 13.2 Å². The average Bonchev–Trinajstić information content (AvgIpc) is 2.15. The summed E-state index contributed by atoms with van der Waals surface area (Å²) in [6.07, 6.45) is -8.17. The van der Waals surface area contributed by atoms with Gasteiger partial charge in [0, 0.05) is 5.56 Å². The normalized spacial score (nSPS) is 11.9. The van der Waals surface area contributed by atoms with Crippen LogP contribution >= 0.6 is 0 Å². The van der Waals surface area contributed by atoms with E-state index in [0.29, 0.717) is 12.3 Å². The minimum atomic E-state index is -5.25. The van der Waals surface area contributed by atoms with E-state index in [1.165, 1.54) is 0 Å². The van der Waals surface area contributed by atoms with E-state index in [9.17, 15) is 32.1 Å². The van der Waals surface area contributed by atoms with E-state index in [2.05, 4.69) is 4.98 Å². The van der Waals surface area contributed by atoms with Gasteiger partial charge in [0.25, 0.3) is 6.43 Å². The quantitative estimate of drug-likeness (QED) is 0.455. The maximum Gasteiger partial charge on any atom is 0.425 e. The number of rotatable bonds is 2. The van der Waals surface area contributed by atoms with E-state index in [4.69, 9.17) is 0 Å². The molecule has 0 saturated heterocycles. The van der Waals surface area contributed by atoms with Gasteiger partial charge >= 0.3 is 12.0 Å². The average molecular weight is 242 g/mol. The highest BCUT2D eigenvalue weighted by atomic mass is 19.4. The van der Waals surface area contributed by atoms with Gasteiger partial charge in [-0.15, -0.1) is 0 Å². The Labute approximate surface area is 84.9 Å². The van der Waals surface area contributed by atoms with Crippen LogP contribution in [0.2, 0.25) is 0 Å². The van der Waals surface area contributed by atoms with Gasteiger partial charge in [-0.1, -0.05) is 0 Å². The van der Waals surface area contributed by atoms with Crippen LogP contribution in [0.3, 0.4) is 0 Å². The number of nitro groups is 1. The van der Waals surface area contributed by atoms with Gasteiger partial charge in [0.1, 0.15) is 6.20 Å². The minimum Gasteiger partial charge on any atom is -0.358 e. The van der Waals surface area contributed by atoms with Crippen molar-refractivity contribution in [1.82, 2.24) is 4.98 Å². The predicted molar refractivity (Wildman–Crippen MR) is 40.9 cm³/mol. The molecule has 0 spiro atoms. The van der Waals surface area contributed by atoms with Gasteiger partial charge in [0.05, 0.1) is 0 Å². The lowest BCUT2D eigenvalue weighted by atomic mass is 10.1. The summed E-state index contributed by atoms with van der Waals surface area (Å²) in [5.74, 6) is -1.62. The smallest absolute Gasteiger partial charge is 0.358 e. The molecule has 4 nitrogen and oxygen atoms in total. The molecule has 9 heteroatoms. The molecule has 0 atom stereocenters. The monoisotopic (exact) mass is 242 g/mol. The second-order valence-corrected chi connectivity index (χ2v) is 2.65. The van der Waals surface area contributed by atoms with Crippen molar-refractivity contribution in [2.75, 3.05) is 0 Å². The van der Waals surface area contributed by atoms with Crippen molar-refractivity contribution in [3.63, 3.8) is 0 Å². The fourth-order valence-corrected chi connectivity index (χ4v) is 1.08. The Morgan fingerprint density at radius 1 is 1.38 bits per heavy atom. The summed E-state index contributed by atoms with van der Waals surface area (Å²) in [5, 5.41) is 10.2. The van der Waals surface area contributed by atoms with Crippen LogP contribution in [-0.2, 0) is 6.18 Å². The Kier molecular flexibility index (Phi) is 3.06. The SMILES string of the molecule is O=[N+]([O-])c1nccc(C(F)F)c1C(F)(F)F. The van der Waals surface area contributed by atoms with Crippen molar-refractivity contribution in [3.8, 4) is 0 Å². The van der Waals surface area contributed by atoms with Crippen LogP contribution in [0.5, 0.6) is 0 Å². The molecule has 0 aliphatic rings. The Morgan fingerprint density at radius 2 is 1.94 bits per heavy atom. The molecule has 0 radical (unpaired) electrons. The zero-order valence-electron chi connectivity index (χ0n) is 7.33. The van der Waals surface area contributed by atoms with E-state index in [0.717, 1.165) is 0 Å². The largest absolute Gasteiger partial charge is 0.425 e. The molecule has 0 saturated carbocycles. The molecule has 0 N–H and O–H groups in total. The zero-order chi connectivity index (χ0) is 12.5. The summed E-state index contributed by atoms with van der Waals surface area (Å²) >= 11 is 0. The topological polar surface area (TPSA) is 56.0 Å². The van der Waals surface area contributed by atoms with E-state index in [-0.39, 0.29) is 0 Å². The van der Waals surface area contributed by atoms with Crippen molar-refractivity contribution in [3.05, 3.63) is 33.5 Å². The fraction of sp³-hybridized carbons (Fsp3) is 0.286. The molecule has 1 aromatic rings. The first kappa shape index (κ1) is 12.3. The Bertz CT molecular complexity index is 418. The van der Waals surface area contributed by atoms with Crippen LogP contribution in [0.15, 0.2) is 12.3 Å². The van der Waals surface area contributed by atoms with Crippen molar-refractivity contribution < 1.29 is 26.9 Å². The molecule has 0 aliphatic heterocycles. The van der Waals surface area contributed by atoms with Gasteiger partial charge < -0.3 is 10.1 Å². The predicted octanol–water partition coefficient (Wildman–Crippen LogP) is 2.95. The third-order valence-corrected chi connectivity index (χ3v) is 1.65. The summed E-state index contributed by atoms with van der Waals surface area (Å²) in [7, 11) is 0. The van der Waals surface area contributed by atoms with Crippen LogP contribution < -0.4 is 0 Å². The first-order valence-corrected chi connectivity index (χ1v) is 3.73. The number of hydrogen-bond donors (Lipinski definition) is 0. The summed E-state index contributed by atoms with van der Waals surface area (Å²) in [6.45, 7) is 0. The molecule has 88 valence electrons. The third-order valence-electron chi connectivity index (χ3n) is 1.65. The second kappa shape index (κ2) is 3.99. The molecule has 16 heavy (non-hydrogen) atoms. The van der Waals surface area contributed by atoms with Crippen molar-refractivity contribution in [2.45, 2.75) is 12.6 Å². The minimum absolute atomic E-state index is 0.403. The number of aromatic nitrogens is 1. The highest BCUT2D eigenvalue weighted by Crippen LogP contribution is 2.40. The van der Waals surface area contributed by atoms with Gasteiger partial charge in [0.15, 0.2) is 5.56 Å². The van der Waals surface area contributed by atoms with Crippen LogP contribution in [0.25, 0.3) is 0 Å². The first-order valence-electron chi connectivity index (χ1n) is 3.73. The van der Waals surface area contributed by atoms with E-state index >= 15 is 0 Å². The van der Waals surface area contributed by atoms with Gasteiger partial charge in [0.2, 0.25) is 0 Å². The van der Waals surface area contributed by atoms with Crippen LogP contribution in [0.1, 0.15) is 17.6 Å². The molecular formula is C7H3F5N2O2. The number of pyridine rings is 1. The number of alkyl halides is 5. The Hall–Kier alpha value is -1.80. The second-order valence-electron chi connectivity index (χ2n) is 2.65. The summed E-state index contributed by atoms with van der Waals surface area (Å²) < 4.78 is 61.6. The van der Waals surface area contributed by atoms with E-state index < -0.39 is 34.5 Å². The third kappa shape index (κ3) is 2.23. The van der Waals surface area contributed by atoms with Gasteiger partial charge in [-0.25, -0.2) is 8.78 Å². The summed E-state index contributed by atoms with van der Waals surface area (Å²) in [4.78, 5) is 11.6. The first-order chi connectivity index (χ1) is 7.25. The maximum atomic E-state index is 12.4. The molecule has 0 unspecified atom stereocenters. The molecule has 1 aromatic heterocycles. The van der Waals surface area contributed by atoms with Gasteiger partial charge in [-0.05, 0) is 16.0 Å². The number of hydrogen-bond acceptors (Lipinski definition) is 3. The maximum absolute atomic E-state index is 12.4. The highest BCUT2D eigenvalue weighted by molar-refractivity contribution is 5.42. The molecule has 0 aliphatic carbocycles. The standard InChI is InChI=1S/C7H3F5N2O2/c8-5(9)3-1-2-13-6(14(15)16)4(3)7(10,11)12/h1-2,5H. The van der Waals surface area contributed by atoms with Crippen molar-refractivity contribution in [2.24, 2.45) is 0 Å². The molecule has 0 fully saturated rings. The van der Waals surface area contributed by atoms with Gasteiger partial charge in [-0.3, -0.25) is 0 Å². The number of halogens is 5. The highest BCUT2D eigenvalue weighted by Gasteiger charge is 2.43. The van der Waals surface area contributed by atoms with Crippen LogP contribution in [0.4, 0.5) is 27.8 Å². The fourth-order valence-electron chi connectivity index (χ4n) is 1.08. The van der Waals surface area contributed by atoms with Crippen molar-refractivity contribution >= 4 is 5.82 Å². The summed E-state index contributed by atoms with van der Waals surface area (Å²) in [5.41, 5.74) is -3.45. The molecule has 0 bridgehead atoms. The molecule has 1 heterocycles. The lowest BCUT2D eigenvalue weighted by Crippen LogP contribution is -2.14. The lowest BCUT2D eigenvalue weighted by molar-refractivity contribution is -0.393. The van der Waals surface area contributed by atoms with Crippen LogP contribution in [0, 0.1) is 10.1 Å². The van der Waals surface area contributed by atoms with E-state index in [1.807, 2.05) is 0 Å². The molecule has 0 amide bonds. The number of nitrogens with zero attached hydrogens (tertiary/aromatic N) is 2. The Morgan fingerprint density at radius 3 is 2.31 bits per heavy atom.